The van der Waals surface area contributed by atoms with Gasteiger partial charge in [0.2, 0.25) is 5.82 Å². The zero-order valence-corrected chi connectivity index (χ0v) is 17.1. The summed E-state index contributed by atoms with van der Waals surface area (Å²) < 4.78 is 35.0. The molecule has 0 amide bonds. The van der Waals surface area contributed by atoms with Gasteiger partial charge in [-0.2, -0.15) is 4.98 Å². The number of aromatic nitrogens is 3. The van der Waals surface area contributed by atoms with Gasteiger partial charge >= 0.3 is 5.97 Å². The van der Waals surface area contributed by atoms with Crippen LogP contribution in [-0.4, -0.2) is 28.4 Å². The van der Waals surface area contributed by atoms with E-state index in [0.29, 0.717) is 17.1 Å². The predicted octanol–water partition coefficient (Wildman–Crippen LogP) is 4.86. The summed E-state index contributed by atoms with van der Waals surface area (Å²) in [6.45, 7) is 1.21. The molecule has 2 aromatic carbocycles. The highest BCUT2D eigenvalue weighted by Crippen LogP contribution is 2.33. The third-order valence-corrected chi connectivity index (χ3v) is 4.70. The molecule has 0 N–H and O–H groups in total. The Kier molecular flexibility index (Phi) is 5.68. The van der Waals surface area contributed by atoms with Crippen LogP contribution in [0.15, 0.2) is 51.5 Å². The van der Waals surface area contributed by atoms with Crippen molar-refractivity contribution in [3.8, 4) is 28.4 Å². The number of methoxy groups -OCH3 is 1. The molecule has 0 unspecified atom stereocenters. The second-order valence-corrected chi connectivity index (χ2v) is 6.79. The molecule has 4 aromatic rings. The maximum atomic E-state index is 14.3. The highest BCUT2D eigenvalue weighted by atomic mass is 35.5. The lowest BCUT2D eigenvalue weighted by molar-refractivity contribution is 0.0428. The quantitative estimate of drug-likeness (QED) is 0.389. The van der Waals surface area contributed by atoms with Crippen molar-refractivity contribution in [1.29, 1.82) is 0 Å². The first-order valence-corrected chi connectivity index (χ1v) is 9.40. The molecule has 8 nitrogen and oxygen atoms in total. The van der Waals surface area contributed by atoms with E-state index < -0.39 is 11.8 Å². The second-order valence-electron chi connectivity index (χ2n) is 6.38. The molecular weight excluding hydrogens is 429 g/mol. The Bertz CT molecular complexity index is 1230. The Labute approximate surface area is 180 Å². The van der Waals surface area contributed by atoms with Crippen molar-refractivity contribution in [3.05, 3.63) is 70.5 Å². The molecule has 0 radical (unpaired) electrons. The largest absolute Gasteiger partial charge is 0.497 e. The van der Waals surface area contributed by atoms with Gasteiger partial charge in [-0.3, -0.25) is 0 Å². The third-order valence-electron chi connectivity index (χ3n) is 4.39. The smallest absolute Gasteiger partial charge is 0.344 e. The van der Waals surface area contributed by atoms with Crippen LogP contribution >= 0.6 is 11.6 Å². The fourth-order valence-electron chi connectivity index (χ4n) is 2.90. The monoisotopic (exact) mass is 443 g/mol. The number of carbonyl (C=O) groups excluding carboxylic acids is 1. The van der Waals surface area contributed by atoms with Crippen LogP contribution in [0.25, 0.3) is 22.6 Å². The Morgan fingerprint density at radius 3 is 2.74 bits per heavy atom. The van der Waals surface area contributed by atoms with E-state index in [1.165, 1.54) is 25.1 Å². The molecular formula is C21H15ClFN3O5. The standard InChI is InChI=1S/C21H15ClFN3O5/c1-11-17(19(25-30-11)18-14(22)7-4-8-15(18)23)21(27)29-10-16-24-20(26-31-16)12-5-3-6-13(9-12)28-2/h3-9H,10H2,1-2H3. The van der Waals surface area contributed by atoms with Gasteiger partial charge in [0.1, 0.15) is 28.6 Å². The Hall–Kier alpha value is -3.72. The van der Waals surface area contributed by atoms with Crippen molar-refractivity contribution in [3.63, 3.8) is 0 Å². The minimum absolute atomic E-state index is 0.0421. The van der Waals surface area contributed by atoms with Gasteiger partial charge in [0.05, 0.1) is 17.7 Å². The van der Waals surface area contributed by atoms with Crippen LogP contribution in [0.5, 0.6) is 5.75 Å². The van der Waals surface area contributed by atoms with Gasteiger partial charge in [-0.05, 0) is 31.2 Å². The maximum absolute atomic E-state index is 14.3. The molecule has 158 valence electrons. The van der Waals surface area contributed by atoms with Crippen molar-refractivity contribution in [2.45, 2.75) is 13.5 Å². The lowest BCUT2D eigenvalue weighted by Crippen LogP contribution is -2.08. The molecule has 0 aliphatic heterocycles. The summed E-state index contributed by atoms with van der Waals surface area (Å²) in [6.07, 6.45) is 0. The van der Waals surface area contributed by atoms with Gasteiger partial charge in [-0.25, -0.2) is 9.18 Å². The molecule has 0 aliphatic carbocycles. The maximum Gasteiger partial charge on any atom is 0.344 e. The van der Waals surface area contributed by atoms with E-state index in [0.717, 1.165) is 0 Å². The van der Waals surface area contributed by atoms with Crippen LogP contribution in [0, 0.1) is 12.7 Å². The van der Waals surface area contributed by atoms with E-state index >= 15 is 0 Å². The molecule has 0 fully saturated rings. The molecule has 0 saturated carbocycles. The average Bonchev–Trinajstić information content (AvgIpc) is 3.39. The fourth-order valence-corrected chi connectivity index (χ4v) is 3.15. The summed E-state index contributed by atoms with van der Waals surface area (Å²) in [7, 11) is 1.55. The summed E-state index contributed by atoms with van der Waals surface area (Å²) in [4.78, 5) is 16.9. The van der Waals surface area contributed by atoms with Gasteiger partial charge in [0.25, 0.3) is 5.89 Å². The van der Waals surface area contributed by atoms with Gasteiger partial charge < -0.3 is 18.5 Å². The van der Waals surface area contributed by atoms with E-state index in [1.807, 2.05) is 0 Å². The minimum atomic E-state index is -0.797. The first kappa shape index (κ1) is 20.5. The van der Waals surface area contributed by atoms with Gasteiger partial charge in [0, 0.05) is 5.56 Å². The van der Waals surface area contributed by atoms with E-state index in [2.05, 4.69) is 15.3 Å². The number of rotatable bonds is 6. The number of ether oxygens (including phenoxy) is 2. The molecule has 2 aromatic heterocycles. The summed E-state index contributed by atoms with van der Waals surface area (Å²) in [5.41, 5.74) is 0.533. The number of halogens is 2. The first-order chi connectivity index (χ1) is 15.0. The van der Waals surface area contributed by atoms with Gasteiger partial charge in [0.15, 0.2) is 6.61 Å². The molecule has 10 heteroatoms. The first-order valence-electron chi connectivity index (χ1n) is 9.02. The van der Waals surface area contributed by atoms with E-state index in [1.54, 1.807) is 31.4 Å². The second kappa shape index (κ2) is 8.57. The van der Waals surface area contributed by atoms with Crippen LogP contribution in [0.1, 0.15) is 22.0 Å². The van der Waals surface area contributed by atoms with E-state index in [4.69, 9.17) is 30.1 Å². The summed E-state index contributed by atoms with van der Waals surface area (Å²) >= 11 is 6.09. The van der Waals surface area contributed by atoms with Crippen molar-refractivity contribution in [2.75, 3.05) is 7.11 Å². The zero-order valence-electron chi connectivity index (χ0n) is 16.4. The number of benzene rings is 2. The molecule has 0 atom stereocenters. The highest BCUT2D eigenvalue weighted by molar-refractivity contribution is 6.33. The average molecular weight is 444 g/mol. The SMILES string of the molecule is COc1cccc(-c2noc(COC(=O)c3c(-c4c(F)cccc4Cl)noc3C)n2)c1. The molecule has 0 saturated heterocycles. The molecule has 2 heterocycles. The van der Waals surface area contributed by atoms with Crippen LogP contribution < -0.4 is 4.74 Å². The molecule has 0 bridgehead atoms. The van der Waals surface area contributed by atoms with Gasteiger partial charge in [-0.1, -0.05) is 40.1 Å². The number of hydrogen-bond acceptors (Lipinski definition) is 8. The van der Waals surface area contributed by atoms with Crippen molar-refractivity contribution in [1.82, 2.24) is 15.3 Å². The van der Waals surface area contributed by atoms with Crippen molar-refractivity contribution < 1.29 is 27.7 Å². The topological polar surface area (TPSA) is 100 Å². The normalized spacial score (nSPS) is 10.8. The minimum Gasteiger partial charge on any atom is -0.497 e. The van der Waals surface area contributed by atoms with E-state index in [-0.39, 0.29) is 40.1 Å². The summed E-state index contributed by atoms with van der Waals surface area (Å²) in [5.74, 6) is -0.265. The van der Waals surface area contributed by atoms with Crippen LogP contribution in [0.3, 0.4) is 0 Å². The third kappa shape index (κ3) is 4.13. The fraction of sp³-hybridized carbons (Fsp3) is 0.143. The number of esters is 1. The Morgan fingerprint density at radius 1 is 1.16 bits per heavy atom. The number of hydrogen-bond donors (Lipinski definition) is 0. The number of aryl methyl sites for hydroxylation is 1. The van der Waals surface area contributed by atoms with Crippen molar-refractivity contribution in [2.24, 2.45) is 0 Å². The highest BCUT2D eigenvalue weighted by Gasteiger charge is 2.27. The predicted molar refractivity (Wildman–Crippen MR) is 107 cm³/mol. The number of carbonyl (C=O) groups is 1. The van der Waals surface area contributed by atoms with Crippen molar-refractivity contribution >= 4 is 17.6 Å². The lowest BCUT2D eigenvalue weighted by Gasteiger charge is -2.05. The molecule has 0 spiro atoms. The number of nitrogens with zero attached hydrogens (tertiary/aromatic N) is 3. The van der Waals surface area contributed by atoms with Crippen LogP contribution in [0.4, 0.5) is 4.39 Å². The summed E-state index contributed by atoms with van der Waals surface area (Å²) in [5, 5.41) is 7.74. The Morgan fingerprint density at radius 2 is 1.97 bits per heavy atom. The lowest BCUT2D eigenvalue weighted by atomic mass is 10.1. The van der Waals surface area contributed by atoms with Crippen LogP contribution in [-0.2, 0) is 11.3 Å². The van der Waals surface area contributed by atoms with Gasteiger partial charge in [-0.15, -0.1) is 0 Å². The molecule has 31 heavy (non-hydrogen) atoms. The molecule has 0 aliphatic rings. The summed E-state index contributed by atoms with van der Waals surface area (Å²) in [6, 6.07) is 11.2. The van der Waals surface area contributed by atoms with E-state index in [9.17, 15) is 9.18 Å². The van der Waals surface area contributed by atoms with Crippen LogP contribution in [0.2, 0.25) is 5.02 Å². The Balaban J connectivity index is 1.53. The molecule has 4 rings (SSSR count). The zero-order chi connectivity index (χ0) is 22.0.